The molecule has 0 radical (unpaired) electrons. The number of hydrogen-bond donors (Lipinski definition) is 1. The summed E-state index contributed by atoms with van der Waals surface area (Å²) in [6, 6.07) is 10.9. The van der Waals surface area contributed by atoms with Gasteiger partial charge in [-0.05, 0) is 40.5 Å². The highest BCUT2D eigenvalue weighted by molar-refractivity contribution is 9.10. The second-order valence-corrected chi connectivity index (χ2v) is 8.13. The van der Waals surface area contributed by atoms with Crippen LogP contribution in [0.15, 0.2) is 57.7 Å². The predicted molar refractivity (Wildman–Crippen MR) is 123 cm³/mol. The number of benzene rings is 2. The van der Waals surface area contributed by atoms with E-state index in [4.69, 9.17) is 20.6 Å². The number of methoxy groups -OCH3 is 2. The monoisotopic (exact) mass is 493 g/mol. The van der Waals surface area contributed by atoms with E-state index in [0.717, 1.165) is 5.56 Å². The first kappa shape index (κ1) is 21.7. The molecule has 1 N–H and O–H groups in total. The summed E-state index contributed by atoms with van der Waals surface area (Å²) in [5.41, 5.74) is 4.24. The predicted octanol–water partition coefficient (Wildman–Crippen LogP) is 4.21. The number of carbonyl (C=O) groups excluding carboxylic acids is 2. The lowest BCUT2D eigenvalue weighted by atomic mass is 9.79. The van der Waals surface area contributed by atoms with Crippen LogP contribution in [0.5, 0.6) is 11.5 Å². The van der Waals surface area contributed by atoms with Crippen molar-refractivity contribution in [2.75, 3.05) is 20.8 Å². The van der Waals surface area contributed by atoms with Crippen LogP contribution in [0.25, 0.3) is 5.70 Å². The van der Waals surface area contributed by atoms with Crippen LogP contribution in [-0.4, -0.2) is 32.6 Å². The van der Waals surface area contributed by atoms with Gasteiger partial charge in [0.05, 0.1) is 30.0 Å². The van der Waals surface area contributed by atoms with E-state index in [9.17, 15) is 9.59 Å². The maximum absolute atomic E-state index is 13.5. The van der Waals surface area contributed by atoms with E-state index in [2.05, 4.69) is 27.2 Å². The highest BCUT2D eigenvalue weighted by Gasteiger charge is 2.43. The number of ketones is 1. The van der Waals surface area contributed by atoms with Crippen LogP contribution in [0.1, 0.15) is 34.3 Å². The molecule has 6 nitrogen and oxygen atoms in total. The molecule has 0 fully saturated rings. The first-order chi connectivity index (χ1) is 15.4. The molecular formula is C25H20BrNO5. The van der Waals surface area contributed by atoms with Crippen molar-refractivity contribution >= 4 is 33.4 Å². The third kappa shape index (κ3) is 3.37. The van der Waals surface area contributed by atoms with Crippen LogP contribution in [0.2, 0.25) is 0 Å². The molecule has 2 aromatic carbocycles. The SMILES string of the molecule is C#CCOc1c(Br)cc([C@@H]2C(C(=O)OC)=C(C)NC3=C2C(=O)c2ccccc23)cc1OC. The van der Waals surface area contributed by atoms with Gasteiger partial charge in [-0.15, -0.1) is 6.42 Å². The summed E-state index contributed by atoms with van der Waals surface area (Å²) in [6.07, 6.45) is 5.32. The molecule has 0 unspecified atom stereocenters. The fourth-order valence-corrected chi connectivity index (χ4v) is 4.78. The Bertz CT molecular complexity index is 1250. The standard InChI is InChI=1S/C25H20BrNO5/c1-5-10-32-24-17(26)11-14(12-18(24)30-3)20-19(25(29)31-4)13(2)27-22-15-8-6-7-9-16(15)23(28)21(20)22/h1,6-9,11-12,20,27H,10H2,2-4H3/t20-/m1/s1. The minimum absolute atomic E-state index is 0.0666. The number of nitrogens with one attached hydrogen (secondary N) is 1. The average molecular weight is 494 g/mol. The number of hydrogen-bond acceptors (Lipinski definition) is 6. The Kier molecular flexibility index (Phi) is 5.81. The molecule has 0 bridgehead atoms. The molecule has 1 aliphatic carbocycles. The van der Waals surface area contributed by atoms with Crippen molar-refractivity contribution in [3.63, 3.8) is 0 Å². The maximum Gasteiger partial charge on any atom is 0.336 e. The van der Waals surface area contributed by atoms with Crippen molar-refractivity contribution in [3.05, 3.63) is 74.4 Å². The number of rotatable bonds is 5. The number of esters is 1. The zero-order valence-corrected chi connectivity index (χ0v) is 19.3. The number of halogens is 1. The van der Waals surface area contributed by atoms with Gasteiger partial charge < -0.3 is 19.5 Å². The molecule has 2 aromatic rings. The molecule has 0 saturated heterocycles. The molecule has 1 atom stereocenters. The van der Waals surface area contributed by atoms with Gasteiger partial charge in [-0.3, -0.25) is 4.79 Å². The average Bonchev–Trinajstić information content (AvgIpc) is 3.08. The van der Waals surface area contributed by atoms with Crippen LogP contribution in [0.3, 0.4) is 0 Å². The van der Waals surface area contributed by atoms with Gasteiger partial charge in [0, 0.05) is 28.3 Å². The quantitative estimate of drug-likeness (QED) is 0.496. The molecule has 0 aromatic heterocycles. The van der Waals surface area contributed by atoms with Crippen molar-refractivity contribution in [1.29, 1.82) is 0 Å². The molecule has 0 amide bonds. The van der Waals surface area contributed by atoms with Crippen LogP contribution >= 0.6 is 15.9 Å². The van der Waals surface area contributed by atoms with Gasteiger partial charge >= 0.3 is 5.97 Å². The Morgan fingerprint density at radius 1 is 1.22 bits per heavy atom. The van der Waals surface area contributed by atoms with Crippen LogP contribution in [0.4, 0.5) is 0 Å². The van der Waals surface area contributed by atoms with E-state index in [1.807, 2.05) is 24.3 Å². The first-order valence-electron chi connectivity index (χ1n) is 9.81. The maximum atomic E-state index is 13.5. The summed E-state index contributed by atoms with van der Waals surface area (Å²) >= 11 is 3.52. The van der Waals surface area contributed by atoms with Crippen molar-refractivity contribution in [2.24, 2.45) is 0 Å². The second kappa shape index (κ2) is 8.56. The highest BCUT2D eigenvalue weighted by Crippen LogP contribution is 2.49. The fraction of sp³-hybridized carbons (Fsp3) is 0.200. The summed E-state index contributed by atoms with van der Waals surface area (Å²) < 4.78 is 16.8. The Hall–Kier alpha value is -3.50. The van der Waals surface area contributed by atoms with E-state index in [1.165, 1.54) is 14.2 Å². The number of allylic oxidation sites excluding steroid dienone is 2. The minimum Gasteiger partial charge on any atom is -0.493 e. The van der Waals surface area contributed by atoms with Gasteiger partial charge in [-0.25, -0.2) is 4.79 Å². The number of fused-ring (bicyclic) bond motifs is 2. The molecular weight excluding hydrogens is 474 g/mol. The summed E-state index contributed by atoms with van der Waals surface area (Å²) in [4.78, 5) is 26.3. The van der Waals surface area contributed by atoms with E-state index in [1.54, 1.807) is 19.1 Å². The lowest BCUT2D eigenvalue weighted by Crippen LogP contribution is -2.29. The van der Waals surface area contributed by atoms with E-state index in [0.29, 0.717) is 49.6 Å². The Morgan fingerprint density at radius 3 is 2.59 bits per heavy atom. The number of Topliss-reactive ketones (excluding diaryl/α,β-unsaturated/α-hetero) is 1. The molecule has 1 aliphatic heterocycles. The molecule has 2 aliphatic rings. The van der Waals surface area contributed by atoms with E-state index < -0.39 is 11.9 Å². The minimum atomic E-state index is -0.662. The molecule has 0 spiro atoms. The Labute approximate surface area is 194 Å². The largest absolute Gasteiger partial charge is 0.493 e. The highest BCUT2D eigenvalue weighted by atomic mass is 79.9. The number of ether oxygens (including phenoxy) is 3. The van der Waals surface area contributed by atoms with Crippen LogP contribution < -0.4 is 14.8 Å². The topological polar surface area (TPSA) is 73.9 Å². The Morgan fingerprint density at radius 2 is 1.94 bits per heavy atom. The van der Waals surface area contributed by atoms with E-state index in [-0.39, 0.29) is 12.4 Å². The van der Waals surface area contributed by atoms with Gasteiger partial charge in [0.2, 0.25) is 0 Å². The third-order valence-electron chi connectivity index (χ3n) is 5.54. The van der Waals surface area contributed by atoms with Gasteiger partial charge in [-0.2, -0.15) is 0 Å². The molecule has 162 valence electrons. The van der Waals surface area contributed by atoms with Crippen LogP contribution in [0, 0.1) is 12.3 Å². The summed E-state index contributed by atoms with van der Waals surface area (Å²) in [7, 11) is 2.84. The van der Waals surface area contributed by atoms with Gasteiger partial charge in [0.25, 0.3) is 0 Å². The summed E-state index contributed by atoms with van der Waals surface area (Å²) in [6.45, 7) is 1.86. The van der Waals surface area contributed by atoms with E-state index >= 15 is 0 Å². The van der Waals surface area contributed by atoms with Gasteiger partial charge in [-0.1, -0.05) is 30.2 Å². The van der Waals surface area contributed by atoms with Gasteiger partial charge in [0.15, 0.2) is 17.3 Å². The number of terminal acetylenes is 1. The lowest BCUT2D eigenvalue weighted by molar-refractivity contribution is -0.136. The fourth-order valence-electron chi connectivity index (χ4n) is 4.20. The zero-order valence-electron chi connectivity index (χ0n) is 17.7. The molecule has 4 rings (SSSR count). The smallest absolute Gasteiger partial charge is 0.336 e. The van der Waals surface area contributed by atoms with Gasteiger partial charge in [0.1, 0.15) is 6.61 Å². The molecule has 7 heteroatoms. The summed E-state index contributed by atoms with van der Waals surface area (Å²) in [5.74, 6) is 1.98. The first-order valence-corrected chi connectivity index (χ1v) is 10.6. The second-order valence-electron chi connectivity index (χ2n) is 7.28. The van der Waals surface area contributed by atoms with Crippen molar-refractivity contribution in [3.8, 4) is 23.8 Å². The summed E-state index contributed by atoms with van der Waals surface area (Å²) in [5, 5.41) is 3.26. The van der Waals surface area contributed by atoms with Crippen LogP contribution in [-0.2, 0) is 9.53 Å². The molecule has 32 heavy (non-hydrogen) atoms. The van der Waals surface area contributed by atoms with Crippen molar-refractivity contribution in [1.82, 2.24) is 5.32 Å². The lowest BCUT2D eigenvalue weighted by Gasteiger charge is -2.29. The Balaban J connectivity index is 1.94. The normalized spacial score (nSPS) is 16.7. The number of carbonyl (C=O) groups is 2. The third-order valence-corrected chi connectivity index (χ3v) is 6.13. The number of dihydropyridines is 1. The van der Waals surface area contributed by atoms with Crippen molar-refractivity contribution < 1.29 is 23.8 Å². The van der Waals surface area contributed by atoms with Crippen molar-refractivity contribution in [2.45, 2.75) is 12.8 Å². The zero-order chi connectivity index (χ0) is 23.0. The molecule has 1 heterocycles. The molecule has 0 saturated carbocycles.